The molecule has 1 aromatic heterocycles. The summed E-state index contributed by atoms with van der Waals surface area (Å²) in [7, 11) is 0. The van der Waals surface area contributed by atoms with Gasteiger partial charge in [-0.15, -0.1) is 0 Å². The molecule has 0 aliphatic heterocycles. The van der Waals surface area contributed by atoms with Crippen molar-refractivity contribution >= 4 is 39.0 Å². The van der Waals surface area contributed by atoms with Crippen LogP contribution in [-0.4, -0.2) is 0 Å². The average Bonchev–Trinajstić information content (AvgIpc) is 4.08. The minimum atomic E-state index is -0.661. The molecule has 0 atom stereocenters. The maximum absolute atomic E-state index is 7.35. The summed E-state index contributed by atoms with van der Waals surface area (Å²) in [5.74, 6) is 0. The van der Waals surface area contributed by atoms with E-state index >= 15 is 0 Å². The van der Waals surface area contributed by atoms with Crippen molar-refractivity contribution in [1.82, 2.24) is 0 Å². The number of anilines is 3. The predicted octanol–water partition coefficient (Wildman–Crippen LogP) is 17.4. The molecule has 12 aromatic rings. The van der Waals surface area contributed by atoms with Crippen LogP contribution in [0.25, 0.3) is 55.3 Å². The Hall–Kier alpha value is -8.98. The summed E-state index contributed by atoms with van der Waals surface area (Å²) in [5.41, 5.74) is 20.8. The van der Waals surface area contributed by atoms with Crippen LogP contribution in [0, 0.1) is 0 Å². The van der Waals surface area contributed by atoms with Gasteiger partial charge in [-0.25, -0.2) is 0 Å². The van der Waals surface area contributed by atoms with Crippen molar-refractivity contribution in [3.63, 3.8) is 0 Å². The van der Waals surface area contributed by atoms with Gasteiger partial charge >= 0.3 is 0 Å². The maximum Gasteiger partial charge on any atom is 0.142 e. The highest BCUT2D eigenvalue weighted by Crippen LogP contribution is 2.60. The Bertz CT molecular complexity index is 3840. The first kappa shape index (κ1) is 40.1. The van der Waals surface area contributed by atoms with Crippen LogP contribution in [0.1, 0.15) is 44.5 Å². The summed E-state index contributed by atoms with van der Waals surface area (Å²) in [6.07, 6.45) is 0. The standard InChI is InChI=1S/C68H45NO/c1-5-21-46(22-6-1)47-37-39-51(40-38-47)69(52-41-42-56-55-31-13-17-33-58(55)67(62(56)45-52,48-23-7-2-8-24-48)49-25-9-3-10-26-49)63-44-43-61(66-65(63)57-32-16-20-36-64(57)70-66)68(50-27-11-4-12-28-50)59-34-18-14-29-53(59)54-30-15-19-35-60(54)68/h1-45H. The van der Waals surface area contributed by atoms with Crippen LogP contribution in [0.15, 0.2) is 277 Å². The SMILES string of the molecule is c1ccc(-c2ccc(N(c3ccc4c(c3)C(c3ccccc3)(c3ccccc3)c3ccccc3-4)c3ccc(C4(c5ccccc5)c5ccccc5-c5ccccc54)c4oc5ccccc5c34)cc2)cc1. The number of fused-ring (bicyclic) bond motifs is 9. The third kappa shape index (κ3) is 5.68. The molecule has 0 spiro atoms. The molecule has 0 N–H and O–H groups in total. The van der Waals surface area contributed by atoms with Crippen LogP contribution in [0.4, 0.5) is 17.1 Å². The van der Waals surface area contributed by atoms with E-state index in [9.17, 15) is 0 Å². The second kappa shape index (κ2) is 15.8. The number of para-hydroxylation sites is 1. The Kier molecular flexibility index (Phi) is 9.06. The fourth-order valence-electron chi connectivity index (χ4n) is 12.4. The van der Waals surface area contributed by atoms with Gasteiger partial charge in [0.05, 0.1) is 21.9 Å². The molecular weight excluding hydrogens is 847 g/mol. The molecule has 2 aliphatic carbocycles. The highest BCUT2D eigenvalue weighted by atomic mass is 16.3. The van der Waals surface area contributed by atoms with Gasteiger partial charge in [0.2, 0.25) is 0 Å². The highest BCUT2D eigenvalue weighted by Gasteiger charge is 2.49. The van der Waals surface area contributed by atoms with E-state index in [2.05, 4.69) is 278 Å². The fourth-order valence-corrected chi connectivity index (χ4v) is 12.4. The Morgan fingerprint density at radius 2 is 0.743 bits per heavy atom. The summed E-state index contributed by atoms with van der Waals surface area (Å²) in [6.45, 7) is 0. The van der Waals surface area contributed by atoms with Crippen molar-refractivity contribution in [2.45, 2.75) is 10.8 Å². The second-order valence-electron chi connectivity index (χ2n) is 18.6. The summed E-state index contributed by atoms with van der Waals surface area (Å²) < 4.78 is 7.35. The van der Waals surface area contributed by atoms with Crippen LogP contribution in [0.2, 0.25) is 0 Å². The minimum Gasteiger partial charge on any atom is -0.456 e. The van der Waals surface area contributed by atoms with Crippen molar-refractivity contribution in [3.05, 3.63) is 317 Å². The van der Waals surface area contributed by atoms with Crippen LogP contribution in [0.5, 0.6) is 0 Å². The lowest BCUT2D eigenvalue weighted by molar-refractivity contribution is 0.648. The number of hydrogen-bond donors (Lipinski definition) is 0. The van der Waals surface area contributed by atoms with Crippen LogP contribution in [0.3, 0.4) is 0 Å². The van der Waals surface area contributed by atoms with E-state index in [-0.39, 0.29) is 0 Å². The topological polar surface area (TPSA) is 16.4 Å². The van der Waals surface area contributed by atoms with E-state index in [1.54, 1.807) is 0 Å². The molecule has 0 amide bonds. The number of benzene rings is 11. The van der Waals surface area contributed by atoms with Gasteiger partial charge in [0.15, 0.2) is 0 Å². The zero-order chi connectivity index (χ0) is 46.2. The molecule has 0 saturated carbocycles. The number of nitrogens with zero attached hydrogens (tertiary/aromatic N) is 1. The molecule has 0 bridgehead atoms. The van der Waals surface area contributed by atoms with Gasteiger partial charge in [-0.2, -0.15) is 0 Å². The van der Waals surface area contributed by atoms with Gasteiger partial charge in [-0.05, 0) is 109 Å². The molecule has 0 radical (unpaired) electrons. The Labute approximate surface area is 408 Å². The Morgan fingerprint density at radius 1 is 0.300 bits per heavy atom. The van der Waals surface area contributed by atoms with Gasteiger partial charge in [0.1, 0.15) is 11.2 Å². The summed E-state index contributed by atoms with van der Waals surface area (Å²) >= 11 is 0. The molecule has 328 valence electrons. The van der Waals surface area contributed by atoms with E-state index in [0.29, 0.717) is 0 Å². The third-order valence-corrected chi connectivity index (χ3v) is 15.2. The van der Waals surface area contributed by atoms with E-state index < -0.39 is 10.8 Å². The molecule has 2 heteroatoms. The van der Waals surface area contributed by atoms with Gasteiger partial charge in [-0.3, -0.25) is 0 Å². The molecule has 2 nitrogen and oxygen atoms in total. The van der Waals surface area contributed by atoms with Crippen molar-refractivity contribution in [3.8, 4) is 33.4 Å². The molecule has 70 heavy (non-hydrogen) atoms. The smallest absolute Gasteiger partial charge is 0.142 e. The van der Waals surface area contributed by atoms with Crippen molar-refractivity contribution in [2.24, 2.45) is 0 Å². The van der Waals surface area contributed by atoms with Crippen LogP contribution >= 0.6 is 0 Å². The first-order chi connectivity index (χ1) is 34.7. The van der Waals surface area contributed by atoms with Gasteiger partial charge < -0.3 is 9.32 Å². The van der Waals surface area contributed by atoms with Gasteiger partial charge in [0, 0.05) is 22.3 Å². The van der Waals surface area contributed by atoms with E-state index in [1.807, 2.05) is 0 Å². The number of furan rings is 1. The third-order valence-electron chi connectivity index (χ3n) is 15.2. The molecule has 0 fully saturated rings. The lowest BCUT2D eigenvalue weighted by Crippen LogP contribution is -2.29. The predicted molar refractivity (Wildman–Crippen MR) is 288 cm³/mol. The lowest BCUT2D eigenvalue weighted by Gasteiger charge is -2.35. The van der Waals surface area contributed by atoms with E-state index in [1.165, 1.54) is 72.3 Å². The number of hydrogen-bond acceptors (Lipinski definition) is 2. The first-order valence-electron chi connectivity index (χ1n) is 24.3. The largest absolute Gasteiger partial charge is 0.456 e. The second-order valence-corrected chi connectivity index (χ2v) is 18.6. The van der Waals surface area contributed by atoms with E-state index in [0.717, 1.165) is 44.6 Å². The summed E-state index contributed by atoms with van der Waals surface area (Å²) in [5, 5.41) is 2.14. The lowest BCUT2D eigenvalue weighted by atomic mass is 9.67. The monoisotopic (exact) mass is 891 g/mol. The van der Waals surface area contributed by atoms with Crippen molar-refractivity contribution in [2.75, 3.05) is 4.90 Å². The zero-order valence-electron chi connectivity index (χ0n) is 38.3. The minimum absolute atomic E-state index is 0.569. The quantitative estimate of drug-likeness (QED) is 0.151. The molecular formula is C68H45NO. The summed E-state index contributed by atoms with van der Waals surface area (Å²) in [6, 6.07) is 100. The van der Waals surface area contributed by atoms with Crippen LogP contribution in [-0.2, 0) is 10.8 Å². The van der Waals surface area contributed by atoms with Gasteiger partial charge in [0.25, 0.3) is 0 Å². The Balaban J connectivity index is 1.08. The molecule has 2 aliphatic rings. The normalized spacial score (nSPS) is 13.7. The molecule has 11 aromatic carbocycles. The van der Waals surface area contributed by atoms with Crippen LogP contribution < -0.4 is 4.90 Å². The molecule has 1 heterocycles. The molecule has 0 unspecified atom stereocenters. The number of rotatable bonds is 8. The average molecular weight is 892 g/mol. The maximum atomic E-state index is 7.35. The van der Waals surface area contributed by atoms with Crippen molar-refractivity contribution in [1.29, 1.82) is 0 Å². The Morgan fingerprint density at radius 3 is 1.33 bits per heavy atom. The van der Waals surface area contributed by atoms with Crippen molar-refractivity contribution < 1.29 is 4.42 Å². The molecule has 14 rings (SSSR count). The first-order valence-corrected chi connectivity index (χ1v) is 24.3. The van der Waals surface area contributed by atoms with Gasteiger partial charge in [-0.1, -0.05) is 237 Å². The molecule has 0 saturated heterocycles. The highest BCUT2D eigenvalue weighted by molar-refractivity contribution is 6.15. The summed E-state index contributed by atoms with van der Waals surface area (Å²) in [4.78, 5) is 2.47. The fraction of sp³-hybridized carbons (Fsp3) is 0.0294. The van der Waals surface area contributed by atoms with E-state index in [4.69, 9.17) is 4.42 Å². The zero-order valence-corrected chi connectivity index (χ0v) is 38.3.